The third-order valence-electron chi connectivity index (χ3n) is 7.74. The molecule has 24 nitrogen and oxygen atoms in total. The summed E-state index contributed by atoms with van der Waals surface area (Å²) in [6.07, 6.45) is 0.551. The molecule has 0 saturated carbocycles. The van der Waals surface area contributed by atoms with Gasteiger partial charge in [0.2, 0.25) is 17.0 Å². The molecule has 312 valence electrons. The van der Waals surface area contributed by atoms with Crippen LogP contribution in [-0.4, -0.2) is 83.4 Å². The molecule has 0 radical (unpaired) electrons. The number of aromatic nitrogens is 3. The van der Waals surface area contributed by atoms with Crippen LogP contribution in [-0.2, 0) is 40.5 Å². The van der Waals surface area contributed by atoms with Gasteiger partial charge < -0.3 is 10.8 Å². The molecule has 1 aliphatic rings. The van der Waals surface area contributed by atoms with Crippen LogP contribution in [0.3, 0.4) is 0 Å². The number of H-pyrrole nitrogens is 2. The number of nitrogens with zero attached hydrogens (tertiary/aromatic N) is 6. The molecule has 0 fully saturated rings. The highest BCUT2D eigenvalue weighted by atomic mass is 35.5. The van der Waals surface area contributed by atoms with Gasteiger partial charge in [-0.15, -0.1) is 5.11 Å². The van der Waals surface area contributed by atoms with Gasteiger partial charge in [-0.3, -0.25) is 38.4 Å². The number of halogens is 1. The maximum Gasteiger partial charge on any atom is 0.297 e. The van der Waals surface area contributed by atoms with E-state index in [0.717, 1.165) is 42.5 Å². The van der Waals surface area contributed by atoms with Gasteiger partial charge in [0, 0.05) is 5.02 Å². The summed E-state index contributed by atoms with van der Waals surface area (Å²) in [5.74, 6) is -1.44. The number of carbonyl (C=O) groups is 1. The highest BCUT2D eigenvalue weighted by molar-refractivity contribution is 7.91. The Balaban J connectivity index is 1.46. The fraction of sp³-hybridized carbons (Fsp3) is 0. The molecule has 0 atom stereocenters. The Morgan fingerprint density at radius 3 is 1.98 bits per heavy atom. The van der Waals surface area contributed by atoms with Gasteiger partial charge in [-0.1, -0.05) is 17.7 Å². The van der Waals surface area contributed by atoms with Crippen molar-refractivity contribution in [2.45, 2.75) is 14.7 Å². The number of aromatic amines is 2. The van der Waals surface area contributed by atoms with E-state index in [1.165, 1.54) is 6.07 Å². The summed E-state index contributed by atoms with van der Waals surface area (Å²) in [6.45, 7) is 0. The predicted molar refractivity (Wildman–Crippen MR) is 209 cm³/mol. The van der Waals surface area contributed by atoms with Crippen LogP contribution in [0.1, 0.15) is 15.9 Å². The monoisotopic (exact) mass is 922 g/mol. The van der Waals surface area contributed by atoms with Crippen LogP contribution in [0.5, 0.6) is 6.01 Å². The van der Waals surface area contributed by atoms with Crippen molar-refractivity contribution in [2.24, 2.45) is 25.3 Å². The minimum absolute atomic E-state index is 0.146. The number of rotatable bonds is 10. The zero-order valence-corrected chi connectivity index (χ0v) is 33.2. The number of nitrogen functional groups attached to an aromatic ring is 1. The highest BCUT2D eigenvalue weighted by Gasteiger charge is 2.37. The maximum atomic E-state index is 14.0. The standard InChI is InChI=1S/C31H23ClN10O14S4/c32-15-2-1-3-17(12-15)34-29-36-30(38-31(44)37-29)35-18-6-9-21(58(48,49)50)20(13-18)40-42-27-23(60(54,55)56)11-14-10-22(59(51,52)53)26(25(33)24(14)28(27)43)41-39-16-4-7-19(8-5-16)57(45,46)47/h1-13,40H,33H2,(H,45,46,47)(H,48,49,50)(H,51,52,53)(H,54,55,56)(H3,34,35,36,37,38,44)/b41-39?,42-27+. The topological polar surface area (TPSA) is 399 Å². The van der Waals surface area contributed by atoms with Gasteiger partial charge in [0.15, 0.2) is 5.71 Å². The molecule has 0 unspecified atom stereocenters. The van der Waals surface area contributed by atoms with E-state index in [0.29, 0.717) is 22.9 Å². The number of carbonyl (C=O) groups excluding carboxylic acids is 1. The number of anilines is 2. The van der Waals surface area contributed by atoms with Gasteiger partial charge in [0.05, 0.1) is 38.9 Å². The van der Waals surface area contributed by atoms with Crippen LogP contribution < -0.4 is 22.4 Å². The van der Waals surface area contributed by atoms with E-state index in [-0.39, 0.29) is 22.6 Å². The Morgan fingerprint density at radius 1 is 0.717 bits per heavy atom. The molecule has 1 heterocycles. The molecule has 4 aromatic carbocycles. The number of fused-ring (bicyclic) bond motifs is 1. The summed E-state index contributed by atoms with van der Waals surface area (Å²) in [6, 6.07) is 12.9. The molecule has 0 amide bonds. The summed E-state index contributed by atoms with van der Waals surface area (Å²) < 4.78 is 137. The number of hydrazone groups is 1. The molecule has 1 aromatic heterocycles. The van der Waals surface area contributed by atoms with E-state index < -0.39 is 106 Å². The van der Waals surface area contributed by atoms with Crippen molar-refractivity contribution < 1.29 is 61.8 Å². The molecule has 10 N–H and O–H groups in total. The minimum atomic E-state index is -5.43. The zero-order valence-electron chi connectivity index (χ0n) is 29.2. The van der Waals surface area contributed by atoms with Crippen LogP contribution in [0.4, 0.5) is 34.1 Å². The molecule has 29 heteroatoms. The zero-order chi connectivity index (χ0) is 43.9. The molecule has 0 saturated heterocycles. The third-order valence-corrected chi connectivity index (χ3v) is 11.5. The number of azo groups is 1. The summed E-state index contributed by atoms with van der Waals surface area (Å²) in [5, 5.41) is 21.6. The van der Waals surface area contributed by atoms with Gasteiger partial charge in [0.1, 0.15) is 20.4 Å². The minimum Gasteiger partial charge on any atom is -0.480 e. The maximum absolute atomic E-state index is 14.0. The van der Waals surface area contributed by atoms with Crippen molar-refractivity contribution >= 4 is 104 Å². The lowest BCUT2D eigenvalue weighted by molar-refractivity contribution is 0.106. The number of aromatic hydroxyl groups is 1. The first kappa shape index (κ1) is 43.1. The van der Waals surface area contributed by atoms with Crippen LogP contribution in [0.2, 0.25) is 5.02 Å². The molecular formula is C31H23ClN10O14S4. The van der Waals surface area contributed by atoms with E-state index >= 15 is 0 Å². The number of Topliss-reactive ketones (excluding diaryl/α,β-unsaturated/α-hetero) is 1. The number of hydrogen-bond donors (Lipinski definition) is 9. The summed E-state index contributed by atoms with van der Waals surface area (Å²) >= 11 is 5.99. The second-order valence-electron chi connectivity index (χ2n) is 11.8. The average Bonchev–Trinajstić information content (AvgIpc) is 3.12. The van der Waals surface area contributed by atoms with Gasteiger partial charge in [-0.05, 0) is 78.4 Å². The molecule has 0 aliphatic heterocycles. The number of nitrogens with one attached hydrogen (secondary N) is 3. The van der Waals surface area contributed by atoms with Gasteiger partial charge in [-0.25, -0.2) is 9.98 Å². The molecule has 0 bridgehead atoms. The Hall–Kier alpha value is -6.50. The lowest BCUT2D eigenvalue weighted by Gasteiger charge is -2.20. The summed E-state index contributed by atoms with van der Waals surface area (Å²) in [4.78, 5) is 27.4. The lowest BCUT2D eigenvalue weighted by atomic mass is 9.92. The fourth-order valence-electron chi connectivity index (χ4n) is 5.21. The number of nitrogens with two attached hydrogens (primary N) is 1. The Labute approximate surface area is 341 Å². The first-order valence-corrected chi connectivity index (χ1v) is 21.9. The van der Waals surface area contributed by atoms with Crippen molar-refractivity contribution in [3.05, 3.63) is 105 Å². The van der Waals surface area contributed by atoms with Crippen molar-refractivity contribution in [1.82, 2.24) is 15.0 Å². The van der Waals surface area contributed by atoms with E-state index in [9.17, 15) is 61.8 Å². The summed E-state index contributed by atoms with van der Waals surface area (Å²) in [5.41, 5.74) is 3.10. The second-order valence-corrected chi connectivity index (χ2v) is 17.9. The fourth-order valence-corrected chi connectivity index (χ4v) is 7.83. The number of benzene rings is 4. The van der Waals surface area contributed by atoms with Crippen molar-refractivity contribution in [2.75, 3.05) is 11.2 Å². The average molecular weight is 923 g/mol. The Morgan fingerprint density at radius 2 is 1.37 bits per heavy atom. The Bertz CT molecular complexity index is 3350. The molecule has 60 heavy (non-hydrogen) atoms. The third kappa shape index (κ3) is 9.68. The molecule has 0 spiro atoms. The van der Waals surface area contributed by atoms with Crippen molar-refractivity contribution in [3.8, 4) is 6.01 Å². The first-order valence-electron chi connectivity index (χ1n) is 15.8. The van der Waals surface area contributed by atoms with Crippen LogP contribution in [0.15, 0.2) is 118 Å². The number of hydrogen-bond acceptors (Lipinski definition) is 18. The first-order chi connectivity index (χ1) is 27.9. The van der Waals surface area contributed by atoms with Crippen LogP contribution in [0, 0.1) is 0 Å². The van der Waals surface area contributed by atoms with Gasteiger partial charge in [-0.2, -0.15) is 48.9 Å². The Kier molecular flexibility index (Phi) is 11.4. The van der Waals surface area contributed by atoms with E-state index in [1.807, 2.05) is 0 Å². The predicted octanol–water partition coefficient (Wildman–Crippen LogP) is 3.19. The second kappa shape index (κ2) is 15.9. The quantitative estimate of drug-likeness (QED) is 0.0420. The molecule has 1 aliphatic carbocycles. The molecular weight excluding hydrogens is 900 g/mol. The van der Waals surface area contributed by atoms with Gasteiger partial charge >= 0.3 is 0 Å². The number of allylic oxidation sites excluding steroid dienone is 1. The normalized spacial score (nSPS) is 15.1. The van der Waals surface area contributed by atoms with E-state index in [2.05, 4.69) is 45.7 Å². The lowest BCUT2D eigenvalue weighted by Crippen LogP contribution is -2.28. The van der Waals surface area contributed by atoms with Crippen LogP contribution >= 0.6 is 11.6 Å². The van der Waals surface area contributed by atoms with Crippen molar-refractivity contribution in [1.29, 1.82) is 0 Å². The molecule has 5 aromatic rings. The van der Waals surface area contributed by atoms with Crippen molar-refractivity contribution in [3.63, 3.8) is 0 Å². The van der Waals surface area contributed by atoms with Crippen LogP contribution in [0.25, 0.3) is 6.08 Å². The van der Waals surface area contributed by atoms with E-state index in [1.54, 1.807) is 18.2 Å². The van der Waals surface area contributed by atoms with Gasteiger partial charge in [0.25, 0.3) is 46.5 Å². The van der Waals surface area contributed by atoms with E-state index in [4.69, 9.17) is 17.3 Å². The highest BCUT2D eigenvalue weighted by Crippen LogP contribution is 2.41. The largest absolute Gasteiger partial charge is 0.480 e. The smallest absolute Gasteiger partial charge is 0.297 e. The summed E-state index contributed by atoms with van der Waals surface area (Å²) in [7, 11) is -20.4. The number of ketones is 1. The molecule has 6 rings (SSSR count). The SMILES string of the molecule is Nc1c(N=Nc2ccc(S(=O)(=O)O)cc2)c(S(=O)(=O)O)cc2c1C(=O)/C(=N/Nc1cc(N=c3[nH]c(O)nc(=Nc4cccc(Cl)c4)[nH]3)ccc1S(=O)(=O)O)C(S(=O)(=O)O)=C2.